The highest BCUT2D eigenvalue weighted by atomic mass is 16.5. The number of aromatic nitrogens is 2. The molecule has 1 N–H and O–H groups in total. The van der Waals surface area contributed by atoms with Crippen molar-refractivity contribution >= 4 is 11.0 Å². The van der Waals surface area contributed by atoms with Crippen molar-refractivity contribution in [2.45, 2.75) is 12.8 Å². The third kappa shape index (κ3) is 2.58. The van der Waals surface area contributed by atoms with Crippen molar-refractivity contribution in [3.63, 3.8) is 0 Å². The fourth-order valence-electron chi connectivity index (χ4n) is 2.43. The maximum Gasteiger partial charge on any atom is 0.138 e. The number of fused-ring (bicyclic) bond motifs is 1. The first-order chi connectivity index (χ1) is 9.88. The SMILES string of the molecule is COCCCc1cccc2[nH]c(-c3ccccc3)nc12. The van der Waals surface area contributed by atoms with Gasteiger partial charge in [-0.2, -0.15) is 0 Å². The van der Waals surface area contributed by atoms with Crippen LogP contribution < -0.4 is 0 Å². The summed E-state index contributed by atoms with van der Waals surface area (Å²) in [5.74, 6) is 0.930. The molecule has 0 spiro atoms. The quantitative estimate of drug-likeness (QED) is 0.713. The van der Waals surface area contributed by atoms with Gasteiger partial charge in [0.2, 0.25) is 0 Å². The maximum atomic E-state index is 5.12. The van der Waals surface area contributed by atoms with Crippen LogP contribution in [-0.4, -0.2) is 23.7 Å². The van der Waals surface area contributed by atoms with Crippen molar-refractivity contribution in [1.29, 1.82) is 0 Å². The molecule has 20 heavy (non-hydrogen) atoms. The van der Waals surface area contributed by atoms with E-state index in [0.29, 0.717) is 0 Å². The Kier molecular flexibility index (Phi) is 3.79. The van der Waals surface area contributed by atoms with E-state index < -0.39 is 0 Å². The Bertz CT molecular complexity index is 689. The average molecular weight is 266 g/mol. The van der Waals surface area contributed by atoms with Crippen LogP contribution in [0.15, 0.2) is 48.5 Å². The highest BCUT2D eigenvalue weighted by molar-refractivity contribution is 5.82. The minimum absolute atomic E-state index is 0.784. The fourth-order valence-corrected chi connectivity index (χ4v) is 2.43. The Morgan fingerprint density at radius 2 is 1.90 bits per heavy atom. The fraction of sp³-hybridized carbons (Fsp3) is 0.235. The molecule has 3 nitrogen and oxygen atoms in total. The predicted molar refractivity (Wildman–Crippen MR) is 81.7 cm³/mol. The zero-order valence-electron chi connectivity index (χ0n) is 11.6. The second kappa shape index (κ2) is 5.88. The summed E-state index contributed by atoms with van der Waals surface area (Å²) in [6.07, 6.45) is 2.01. The molecule has 1 aromatic heterocycles. The zero-order chi connectivity index (χ0) is 13.8. The Labute approximate surface area is 118 Å². The second-order valence-corrected chi connectivity index (χ2v) is 4.86. The molecule has 1 heterocycles. The number of para-hydroxylation sites is 1. The topological polar surface area (TPSA) is 37.9 Å². The molecule has 0 fully saturated rings. The van der Waals surface area contributed by atoms with Crippen LogP contribution in [0.5, 0.6) is 0 Å². The molecular formula is C17H18N2O. The van der Waals surface area contributed by atoms with E-state index in [2.05, 4.69) is 35.3 Å². The van der Waals surface area contributed by atoms with E-state index in [9.17, 15) is 0 Å². The second-order valence-electron chi connectivity index (χ2n) is 4.86. The van der Waals surface area contributed by atoms with Gasteiger partial charge in [-0.1, -0.05) is 42.5 Å². The van der Waals surface area contributed by atoms with Crippen LogP contribution in [0.4, 0.5) is 0 Å². The molecule has 0 aliphatic heterocycles. The van der Waals surface area contributed by atoms with Crippen LogP contribution in [0, 0.1) is 0 Å². The van der Waals surface area contributed by atoms with E-state index >= 15 is 0 Å². The van der Waals surface area contributed by atoms with E-state index in [-0.39, 0.29) is 0 Å². The van der Waals surface area contributed by atoms with Gasteiger partial charge in [0, 0.05) is 19.3 Å². The molecule has 0 radical (unpaired) electrons. The van der Waals surface area contributed by atoms with Gasteiger partial charge in [0.25, 0.3) is 0 Å². The number of aromatic amines is 1. The zero-order valence-corrected chi connectivity index (χ0v) is 11.6. The van der Waals surface area contributed by atoms with E-state index in [1.165, 1.54) is 5.56 Å². The highest BCUT2D eigenvalue weighted by Crippen LogP contribution is 2.23. The first-order valence-electron chi connectivity index (χ1n) is 6.90. The van der Waals surface area contributed by atoms with E-state index in [0.717, 1.165) is 41.9 Å². The van der Waals surface area contributed by atoms with Crippen molar-refractivity contribution in [3.8, 4) is 11.4 Å². The number of hydrogen-bond donors (Lipinski definition) is 1. The molecule has 3 rings (SSSR count). The standard InChI is InChI=1S/C17H18N2O/c1-20-12-6-10-13-9-5-11-15-16(13)19-17(18-15)14-7-3-2-4-8-14/h2-5,7-9,11H,6,10,12H2,1H3,(H,18,19). The Balaban J connectivity index is 1.96. The van der Waals surface area contributed by atoms with Crippen LogP contribution in [0.1, 0.15) is 12.0 Å². The highest BCUT2D eigenvalue weighted by Gasteiger charge is 2.08. The molecule has 0 aliphatic rings. The van der Waals surface area contributed by atoms with Gasteiger partial charge < -0.3 is 9.72 Å². The van der Waals surface area contributed by atoms with Crippen LogP contribution >= 0.6 is 0 Å². The first kappa shape index (κ1) is 12.9. The molecule has 102 valence electrons. The third-order valence-electron chi connectivity index (χ3n) is 3.44. The Morgan fingerprint density at radius 3 is 2.70 bits per heavy atom. The summed E-state index contributed by atoms with van der Waals surface area (Å²) in [7, 11) is 1.74. The van der Waals surface area contributed by atoms with Crippen molar-refractivity contribution < 1.29 is 4.74 Å². The van der Waals surface area contributed by atoms with Crippen LogP contribution in [-0.2, 0) is 11.2 Å². The summed E-state index contributed by atoms with van der Waals surface area (Å²) in [6, 6.07) is 16.5. The molecule has 0 saturated carbocycles. The number of H-pyrrole nitrogens is 1. The smallest absolute Gasteiger partial charge is 0.138 e. The number of aryl methyl sites for hydroxylation is 1. The van der Waals surface area contributed by atoms with Gasteiger partial charge in [0.1, 0.15) is 5.82 Å². The van der Waals surface area contributed by atoms with Gasteiger partial charge >= 0.3 is 0 Å². The number of benzene rings is 2. The molecule has 0 bridgehead atoms. The van der Waals surface area contributed by atoms with Gasteiger partial charge in [-0.15, -0.1) is 0 Å². The lowest BCUT2D eigenvalue weighted by molar-refractivity contribution is 0.195. The maximum absolute atomic E-state index is 5.12. The number of imidazole rings is 1. The third-order valence-corrected chi connectivity index (χ3v) is 3.44. The van der Waals surface area contributed by atoms with Crippen molar-refractivity contribution in [1.82, 2.24) is 9.97 Å². The number of ether oxygens (including phenoxy) is 1. The van der Waals surface area contributed by atoms with Crippen LogP contribution in [0.2, 0.25) is 0 Å². The molecule has 0 atom stereocenters. The molecule has 0 aliphatic carbocycles. The largest absolute Gasteiger partial charge is 0.385 e. The minimum Gasteiger partial charge on any atom is -0.385 e. The predicted octanol–water partition coefficient (Wildman–Crippen LogP) is 3.81. The van der Waals surface area contributed by atoms with E-state index in [4.69, 9.17) is 9.72 Å². The Morgan fingerprint density at radius 1 is 1.05 bits per heavy atom. The number of nitrogens with zero attached hydrogens (tertiary/aromatic N) is 1. The van der Waals surface area contributed by atoms with Gasteiger partial charge in [0.05, 0.1) is 11.0 Å². The summed E-state index contributed by atoms with van der Waals surface area (Å²) in [5, 5.41) is 0. The normalized spacial score (nSPS) is 11.1. The number of rotatable bonds is 5. The average Bonchev–Trinajstić information content (AvgIpc) is 2.93. The molecule has 0 saturated heterocycles. The molecule has 0 unspecified atom stereocenters. The van der Waals surface area contributed by atoms with Crippen molar-refractivity contribution in [2.75, 3.05) is 13.7 Å². The van der Waals surface area contributed by atoms with Crippen LogP contribution in [0.25, 0.3) is 22.4 Å². The van der Waals surface area contributed by atoms with Gasteiger partial charge in [0.15, 0.2) is 0 Å². The first-order valence-corrected chi connectivity index (χ1v) is 6.90. The van der Waals surface area contributed by atoms with E-state index in [1.54, 1.807) is 7.11 Å². The monoisotopic (exact) mass is 266 g/mol. The lowest BCUT2D eigenvalue weighted by atomic mass is 10.1. The van der Waals surface area contributed by atoms with Gasteiger partial charge in [-0.3, -0.25) is 0 Å². The van der Waals surface area contributed by atoms with Gasteiger partial charge in [-0.05, 0) is 24.5 Å². The molecule has 0 amide bonds. The summed E-state index contributed by atoms with van der Waals surface area (Å²) in [5.41, 5.74) is 4.56. The molecular weight excluding hydrogens is 248 g/mol. The number of methoxy groups -OCH3 is 1. The molecule has 2 aromatic carbocycles. The summed E-state index contributed by atoms with van der Waals surface area (Å²) < 4.78 is 5.12. The van der Waals surface area contributed by atoms with E-state index in [1.807, 2.05) is 18.2 Å². The minimum atomic E-state index is 0.784. The van der Waals surface area contributed by atoms with Crippen molar-refractivity contribution in [2.24, 2.45) is 0 Å². The number of nitrogens with one attached hydrogen (secondary N) is 1. The summed E-state index contributed by atoms with van der Waals surface area (Å²) in [4.78, 5) is 8.17. The van der Waals surface area contributed by atoms with Crippen LogP contribution in [0.3, 0.4) is 0 Å². The van der Waals surface area contributed by atoms with Crippen molar-refractivity contribution in [3.05, 3.63) is 54.1 Å². The summed E-state index contributed by atoms with van der Waals surface area (Å²) >= 11 is 0. The molecule has 3 aromatic rings. The lowest BCUT2D eigenvalue weighted by Crippen LogP contribution is -1.93. The number of hydrogen-bond acceptors (Lipinski definition) is 2. The molecule has 3 heteroatoms. The summed E-state index contributed by atoms with van der Waals surface area (Å²) in [6.45, 7) is 0.784. The Hall–Kier alpha value is -2.13. The van der Waals surface area contributed by atoms with Gasteiger partial charge in [-0.25, -0.2) is 4.98 Å². The lowest BCUT2D eigenvalue weighted by Gasteiger charge is -2.01.